The van der Waals surface area contributed by atoms with Crippen LogP contribution in [0.3, 0.4) is 0 Å². The molecule has 1 fully saturated rings. The quantitative estimate of drug-likeness (QED) is 0.166. The van der Waals surface area contributed by atoms with Crippen LogP contribution in [0.25, 0.3) is 54.9 Å². The van der Waals surface area contributed by atoms with E-state index in [2.05, 4.69) is 155 Å². The van der Waals surface area contributed by atoms with Crippen molar-refractivity contribution in [1.82, 2.24) is 0 Å². The fourth-order valence-electron chi connectivity index (χ4n) is 6.00. The van der Waals surface area contributed by atoms with Crippen molar-refractivity contribution in [2.45, 2.75) is 38.9 Å². The highest BCUT2D eigenvalue weighted by molar-refractivity contribution is 6.62. The normalized spacial score (nSPS) is 16.0. The van der Waals surface area contributed by atoms with Gasteiger partial charge in [0.1, 0.15) is 0 Å². The van der Waals surface area contributed by atoms with E-state index >= 15 is 0 Å². The molecule has 200 valence electrons. The molecule has 6 aromatic rings. The summed E-state index contributed by atoms with van der Waals surface area (Å²) >= 11 is 0. The first-order chi connectivity index (χ1) is 19.8. The summed E-state index contributed by atoms with van der Waals surface area (Å²) in [4.78, 5) is 0. The molecule has 1 aliphatic heterocycles. The van der Waals surface area contributed by atoms with Gasteiger partial charge in [0, 0.05) is 0 Å². The van der Waals surface area contributed by atoms with Crippen molar-refractivity contribution in [1.29, 1.82) is 0 Å². The maximum Gasteiger partial charge on any atom is 0.494 e. The predicted molar refractivity (Wildman–Crippen MR) is 173 cm³/mol. The van der Waals surface area contributed by atoms with Gasteiger partial charge in [0.05, 0.1) is 11.2 Å². The third-order valence-electron chi connectivity index (χ3n) is 8.92. The summed E-state index contributed by atoms with van der Waals surface area (Å²) in [5.41, 5.74) is 7.53. The molecule has 0 aromatic heterocycles. The average molecular weight is 532 g/mol. The Morgan fingerprint density at radius 3 is 1.49 bits per heavy atom. The SMILES string of the molecule is CC1(C)OB(c2ccc3c(c2)c(-c2ccccc2)c(-c2ccc(-c4ccccc4)cc2)c2ccccc23)OC1(C)C. The summed E-state index contributed by atoms with van der Waals surface area (Å²) < 4.78 is 13.0. The van der Waals surface area contributed by atoms with E-state index in [9.17, 15) is 0 Å². The van der Waals surface area contributed by atoms with Crippen LogP contribution in [0.1, 0.15) is 27.7 Å². The Morgan fingerprint density at radius 1 is 0.415 bits per heavy atom. The number of hydrogen-bond acceptors (Lipinski definition) is 2. The average Bonchev–Trinajstić information content (AvgIpc) is 3.23. The van der Waals surface area contributed by atoms with Crippen LogP contribution >= 0.6 is 0 Å². The molecule has 0 unspecified atom stereocenters. The second-order valence-electron chi connectivity index (χ2n) is 12.0. The molecule has 0 bridgehead atoms. The Balaban J connectivity index is 1.50. The van der Waals surface area contributed by atoms with Crippen LogP contribution in [-0.2, 0) is 9.31 Å². The monoisotopic (exact) mass is 532 g/mol. The van der Waals surface area contributed by atoms with Crippen molar-refractivity contribution in [3.8, 4) is 33.4 Å². The predicted octanol–water partition coefficient (Wildman–Crippen LogP) is 9.29. The van der Waals surface area contributed by atoms with Gasteiger partial charge >= 0.3 is 7.12 Å². The minimum absolute atomic E-state index is 0.399. The van der Waals surface area contributed by atoms with Crippen LogP contribution < -0.4 is 5.46 Å². The zero-order valence-corrected chi connectivity index (χ0v) is 24.0. The van der Waals surface area contributed by atoms with E-state index in [1.54, 1.807) is 0 Å². The smallest absolute Gasteiger partial charge is 0.399 e. The molecule has 7 rings (SSSR count). The summed E-state index contributed by atoms with van der Waals surface area (Å²) in [5.74, 6) is 0. The zero-order chi connectivity index (χ0) is 28.2. The van der Waals surface area contributed by atoms with Crippen molar-refractivity contribution >= 4 is 34.1 Å². The molecule has 0 amide bonds. The van der Waals surface area contributed by atoms with Gasteiger partial charge in [-0.2, -0.15) is 0 Å². The molecule has 0 spiro atoms. The molecule has 41 heavy (non-hydrogen) atoms. The van der Waals surface area contributed by atoms with E-state index in [1.165, 1.54) is 54.9 Å². The Morgan fingerprint density at radius 2 is 0.854 bits per heavy atom. The molecule has 0 N–H and O–H groups in total. The standard InChI is InChI=1S/C38H33BO2/c1-37(2)38(3,4)41-39(40-37)30-23-24-32-31-17-11-12-18-33(31)35(36(34(32)25-30)28-15-9-6-10-16-28)29-21-19-27(20-22-29)26-13-7-5-8-14-26/h5-25H,1-4H3. The molecule has 0 aliphatic carbocycles. The van der Waals surface area contributed by atoms with Gasteiger partial charge in [0.25, 0.3) is 0 Å². The van der Waals surface area contributed by atoms with Gasteiger partial charge in [0.2, 0.25) is 0 Å². The molecule has 0 atom stereocenters. The maximum absolute atomic E-state index is 6.48. The van der Waals surface area contributed by atoms with Gasteiger partial charge in [-0.3, -0.25) is 0 Å². The second-order valence-corrected chi connectivity index (χ2v) is 12.0. The van der Waals surface area contributed by atoms with Crippen LogP contribution in [0.5, 0.6) is 0 Å². The van der Waals surface area contributed by atoms with Crippen LogP contribution in [0.15, 0.2) is 127 Å². The fraction of sp³-hybridized carbons (Fsp3) is 0.158. The van der Waals surface area contributed by atoms with Crippen LogP contribution in [-0.4, -0.2) is 18.3 Å². The molecular weight excluding hydrogens is 499 g/mol. The summed E-state index contributed by atoms with van der Waals surface area (Å²) in [7, 11) is -0.423. The Labute approximate surface area is 242 Å². The molecule has 0 saturated carbocycles. The summed E-state index contributed by atoms with van der Waals surface area (Å²) in [6.45, 7) is 8.42. The topological polar surface area (TPSA) is 18.5 Å². The lowest BCUT2D eigenvalue weighted by Gasteiger charge is -2.32. The van der Waals surface area contributed by atoms with Gasteiger partial charge in [-0.25, -0.2) is 0 Å². The molecule has 2 nitrogen and oxygen atoms in total. The lowest BCUT2D eigenvalue weighted by molar-refractivity contribution is 0.00578. The maximum atomic E-state index is 6.48. The summed E-state index contributed by atoms with van der Waals surface area (Å²) in [6, 6.07) is 45.8. The van der Waals surface area contributed by atoms with Crippen molar-refractivity contribution in [3.63, 3.8) is 0 Å². The van der Waals surface area contributed by atoms with E-state index in [0.717, 1.165) is 5.46 Å². The molecule has 1 aliphatic rings. The lowest BCUT2D eigenvalue weighted by atomic mass is 9.76. The Kier molecular flexibility index (Phi) is 6.12. The van der Waals surface area contributed by atoms with Gasteiger partial charge in [-0.15, -0.1) is 0 Å². The Hall–Kier alpha value is -4.18. The first-order valence-corrected chi connectivity index (χ1v) is 14.4. The lowest BCUT2D eigenvalue weighted by Crippen LogP contribution is -2.41. The highest BCUT2D eigenvalue weighted by Gasteiger charge is 2.51. The minimum atomic E-state index is -0.423. The van der Waals surface area contributed by atoms with Crippen molar-refractivity contribution in [2.75, 3.05) is 0 Å². The van der Waals surface area contributed by atoms with Gasteiger partial charge in [0.15, 0.2) is 0 Å². The molecule has 1 saturated heterocycles. The summed E-state index contributed by atoms with van der Waals surface area (Å²) in [5, 5.41) is 4.91. The second kappa shape index (κ2) is 9.73. The number of rotatable bonds is 4. The Bertz CT molecular complexity index is 1860. The molecule has 3 heteroatoms. The van der Waals surface area contributed by atoms with Crippen molar-refractivity contribution in [3.05, 3.63) is 127 Å². The van der Waals surface area contributed by atoms with Crippen molar-refractivity contribution < 1.29 is 9.31 Å². The van der Waals surface area contributed by atoms with Crippen LogP contribution in [0.4, 0.5) is 0 Å². The summed E-state index contributed by atoms with van der Waals surface area (Å²) in [6.07, 6.45) is 0. The first kappa shape index (κ1) is 25.8. The van der Waals surface area contributed by atoms with E-state index < -0.39 is 18.3 Å². The number of hydrogen-bond donors (Lipinski definition) is 0. The van der Waals surface area contributed by atoms with Crippen LogP contribution in [0, 0.1) is 0 Å². The van der Waals surface area contributed by atoms with Crippen molar-refractivity contribution in [2.24, 2.45) is 0 Å². The molecule has 1 heterocycles. The first-order valence-electron chi connectivity index (χ1n) is 14.4. The van der Waals surface area contributed by atoms with Crippen LogP contribution in [0.2, 0.25) is 0 Å². The van der Waals surface area contributed by atoms with E-state index in [0.29, 0.717) is 0 Å². The van der Waals surface area contributed by atoms with E-state index in [4.69, 9.17) is 9.31 Å². The zero-order valence-electron chi connectivity index (χ0n) is 24.0. The highest BCUT2D eigenvalue weighted by atomic mass is 16.7. The molecule has 0 radical (unpaired) electrons. The van der Waals surface area contributed by atoms with Gasteiger partial charge in [-0.1, -0.05) is 127 Å². The van der Waals surface area contributed by atoms with Gasteiger partial charge < -0.3 is 9.31 Å². The largest absolute Gasteiger partial charge is 0.494 e. The molecule has 6 aromatic carbocycles. The number of fused-ring (bicyclic) bond motifs is 3. The third kappa shape index (κ3) is 4.37. The highest BCUT2D eigenvalue weighted by Crippen LogP contribution is 2.45. The van der Waals surface area contributed by atoms with Gasteiger partial charge in [-0.05, 0) is 88.1 Å². The number of benzene rings is 6. The third-order valence-corrected chi connectivity index (χ3v) is 8.92. The minimum Gasteiger partial charge on any atom is -0.399 e. The van der Waals surface area contributed by atoms with E-state index in [1.807, 2.05) is 0 Å². The fourth-order valence-corrected chi connectivity index (χ4v) is 6.00. The molecular formula is C38H33BO2. The van der Waals surface area contributed by atoms with E-state index in [-0.39, 0.29) is 0 Å².